The van der Waals surface area contributed by atoms with E-state index >= 15 is 0 Å². The first-order chi connectivity index (χ1) is 13.1. The van der Waals surface area contributed by atoms with E-state index in [1.54, 1.807) is 12.1 Å². The maximum atomic E-state index is 13.4. The molecule has 0 saturated heterocycles. The van der Waals surface area contributed by atoms with Crippen LogP contribution in [0.1, 0.15) is 15.9 Å². The highest BCUT2D eigenvalue weighted by Gasteiger charge is 2.10. The molecule has 0 aliphatic carbocycles. The van der Waals surface area contributed by atoms with Gasteiger partial charge < -0.3 is 16.0 Å². The number of carbonyl (C=O) groups is 3. The third-order valence-corrected chi connectivity index (χ3v) is 3.50. The van der Waals surface area contributed by atoms with Crippen molar-refractivity contribution in [3.63, 3.8) is 0 Å². The lowest BCUT2D eigenvalue weighted by Gasteiger charge is -2.08. The van der Waals surface area contributed by atoms with Crippen molar-refractivity contribution in [2.45, 2.75) is 0 Å². The van der Waals surface area contributed by atoms with E-state index in [2.05, 4.69) is 16.0 Å². The lowest BCUT2D eigenvalue weighted by molar-refractivity contribution is -0.123. The highest BCUT2D eigenvalue weighted by atomic mass is 19.1. The number of halogens is 1. The van der Waals surface area contributed by atoms with E-state index in [9.17, 15) is 18.8 Å². The fourth-order valence-electron chi connectivity index (χ4n) is 2.14. The van der Waals surface area contributed by atoms with Gasteiger partial charge in [0.2, 0.25) is 11.8 Å². The third kappa shape index (κ3) is 7.11. The Kier molecular flexibility index (Phi) is 7.71. The Labute approximate surface area is 156 Å². The SMILES string of the molecule is O=C(/C=C/c1ccccc1)NCC(=O)NCCNC(=O)c1ccccc1F. The number of amides is 3. The molecule has 0 spiro atoms. The second-order valence-corrected chi connectivity index (χ2v) is 5.55. The Bertz CT molecular complexity index is 822. The third-order valence-electron chi connectivity index (χ3n) is 3.50. The summed E-state index contributed by atoms with van der Waals surface area (Å²) in [6.07, 6.45) is 2.99. The van der Waals surface area contributed by atoms with Crippen molar-refractivity contribution in [1.29, 1.82) is 0 Å². The smallest absolute Gasteiger partial charge is 0.254 e. The molecule has 6 nitrogen and oxygen atoms in total. The van der Waals surface area contributed by atoms with Gasteiger partial charge >= 0.3 is 0 Å². The zero-order valence-electron chi connectivity index (χ0n) is 14.6. The summed E-state index contributed by atoms with van der Waals surface area (Å²) in [5, 5.41) is 7.51. The molecule has 0 radical (unpaired) electrons. The molecule has 2 aromatic carbocycles. The van der Waals surface area contributed by atoms with Crippen LogP contribution < -0.4 is 16.0 Å². The molecule has 0 atom stereocenters. The van der Waals surface area contributed by atoms with E-state index in [0.29, 0.717) is 0 Å². The molecule has 0 unspecified atom stereocenters. The van der Waals surface area contributed by atoms with Crippen molar-refractivity contribution in [3.8, 4) is 0 Å². The molecule has 140 valence electrons. The van der Waals surface area contributed by atoms with Crippen molar-refractivity contribution < 1.29 is 18.8 Å². The van der Waals surface area contributed by atoms with Gasteiger partial charge in [-0.1, -0.05) is 42.5 Å². The summed E-state index contributed by atoms with van der Waals surface area (Å²) in [5.74, 6) is -1.94. The van der Waals surface area contributed by atoms with Gasteiger partial charge in [0.1, 0.15) is 5.82 Å². The summed E-state index contributed by atoms with van der Waals surface area (Å²) in [5.41, 5.74) is 0.823. The van der Waals surface area contributed by atoms with Crippen molar-refractivity contribution >= 4 is 23.8 Å². The zero-order valence-corrected chi connectivity index (χ0v) is 14.6. The molecule has 3 N–H and O–H groups in total. The van der Waals surface area contributed by atoms with Crippen LogP contribution in [0.25, 0.3) is 6.08 Å². The molecule has 0 aromatic heterocycles. The molecule has 27 heavy (non-hydrogen) atoms. The average Bonchev–Trinajstić information content (AvgIpc) is 2.69. The van der Waals surface area contributed by atoms with Crippen molar-refractivity contribution in [2.75, 3.05) is 19.6 Å². The minimum Gasteiger partial charge on any atom is -0.353 e. The molecule has 0 saturated carbocycles. The van der Waals surface area contributed by atoms with Crippen molar-refractivity contribution in [1.82, 2.24) is 16.0 Å². The Morgan fingerprint density at radius 3 is 2.26 bits per heavy atom. The molecule has 0 fully saturated rings. The van der Waals surface area contributed by atoms with Crippen LogP contribution in [0.3, 0.4) is 0 Å². The van der Waals surface area contributed by atoms with Crippen LogP contribution in [-0.2, 0) is 9.59 Å². The molecule has 0 heterocycles. The molecule has 3 amide bonds. The van der Waals surface area contributed by atoms with Crippen LogP contribution >= 0.6 is 0 Å². The largest absolute Gasteiger partial charge is 0.353 e. The minimum atomic E-state index is -0.606. The standard InChI is InChI=1S/C20H20FN3O3/c21-17-9-5-4-8-16(17)20(27)23-13-12-22-19(26)14-24-18(25)11-10-15-6-2-1-3-7-15/h1-11H,12-14H2,(H,22,26)(H,23,27)(H,24,25)/b11-10+. The predicted octanol–water partition coefficient (Wildman–Crippen LogP) is 1.50. The maximum Gasteiger partial charge on any atom is 0.254 e. The molecule has 0 aliphatic rings. The van der Waals surface area contributed by atoms with Crippen LogP contribution in [0.5, 0.6) is 0 Å². The van der Waals surface area contributed by atoms with Crippen molar-refractivity contribution in [3.05, 3.63) is 77.6 Å². The second kappa shape index (κ2) is 10.5. The Balaban J connectivity index is 1.62. The second-order valence-electron chi connectivity index (χ2n) is 5.55. The first-order valence-electron chi connectivity index (χ1n) is 8.36. The number of nitrogens with one attached hydrogen (secondary N) is 3. The fraction of sp³-hybridized carbons (Fsp3) is 0.150. The molecule has 2 rings (SSSR count). The number of benzene rings is 2. The van der Waals surface area contributed by atoms with Crippen LogP contribution in [0.2, 0.25) is 0 Å². The van der Waals surface area contributed by atoms with Crippen LogP contribution in [0, 0.1) is 5.82 Å². The van der Waals surface area contributed by atoms with Gasteiger partial charge in [0.15, 0.2) is 0 Å². The summed E-state index contributed by atoms with van der Waals surface area (Å²) < 4.78 is 13.4. The Morgan fingerprint density at radius 2 is 1.52 bits per heavy atom. The lowest BCUT2D eigenvalue weighted by atomic mass is 10.2. The van der Waals surface area contributed by atoms with Gasteiger partial charge in [0.05, 0.1) is 12.1 Å². The number of hydrogen-bond donors (Lipinski definition) is 3. The normalized spacial score (nSPS) is 10.4. The first-order valence-corrected chi connectivity index (χ1v) is 8.36. The highest BCUT2D eigenvalue weighted by molar-refractivity contribution is 5.95. The molecular weight excluding hydrogens is 349 g/mol. The average molecular weight is 369 g/mol. The van der Waals surface area contributed by atoms with E-state index in [4.69, 9.17) is 0 Å². The number of rotatable bonds is 8. The highest BCUT2D eigenvalue weighted by Crippen LogP contribution is 2.05. The van der Waals surface area contributed by atoms with Crippen LogP contribution in [0.15, 0.2) is 60.7 Å². The summed E-state index contributed by atoms with van der Waals surface area (Å²) in [7, 11) is 0. The first kappa shape index (κ1) is 19.8. The number of carbonyl (C=O) groups excluding carboxylic acids is 3. The molecule has 0 aliphatic heterocycles. The van der Waals surface area contributed by atoms with Crippen molar-refractivity contribution in [2.24, 2.45) is 0 Å². The molecule has 0 bridgehead atoms. The lowest BCUT2D eigenvalue weighted by Crippen LogP contribution is -2.40. The number of hydrogen-bond acceptors (Lipinski definition) is 3. The van der Waals surface area contributed by atoms with Gasteiger partial charge in [-0.3, -0.25) is 14.4 Å². The van der Waals surface area contributed by atoms with Gasteiger partial charge in [-0.2, -0.15) is 0 Å². The van der Waals surface area contributed by atoms with E-state index in [0.717, 1.165) is 5.56 Å². The predicted molar refractivity (Wildman–Crippen MR) is 100 cm³/mol. The van der Waals surface area contributed by atoms with E-state index in [-0.39, 0.29) is 31.1 Å². The Hall–Kier alpha value is -3.48. The maximum absolute atomic E-state index is 13.4. The summed E-state index contributed by atoms with van der Waals surface area (Å²) in [4.78, 5) is 35.1. The quantitative estimate of drug-likeness (QED) is 0.487. The topological polar surface area (TPSA) is 87.3 Å². The van der Waals surface area contributed by atoms with Gasteiger partial charge in [0.25, 0.3) is 5.91 Å². The fourth-order valence-corrected chi connectivity index (χ4v) is 2.14. The van der Waals surface area contributed by atoms with Gasteiger partial charge in [-0.15, -0.1) is 0 Å². The molecule has 2 aromatic rings. The van der Waals surface area contributed by atoms with Gasteiger partial charge in [-0.05, 0) is 23.8 Å². The van der Waals surface area contributed by atoms with E-state index in [1.807, 2.05) is 30.3 Å². The minimum absolute atomic E-state index is 0.0544. The van der Waals surface area contributed by atoms with Gasteiger partial charge in [-0.25, -0.2) is 4.39 Å². The van der Waals surface area contributed by atoms with Gasteiger partial charge in [0, 0.05) is 19.2 Å². The molecule has 7 heteroatoms. The van der Waals surface area contributed by atoms with E-state index in [1.165, 1.54) is 24.3 Å². The van der Waals surface area contributed by atoms with E-state index < -0.39 is 17.6 Å². The molecular formula is C20H20FN3O3. The van der Waals surface area contributed by atoms with Crippen LogP contribution in [0.4, 0.5) is 4.39 Å². The monoisotopic (exact) mass is 369 g/mol. The summed E-state index contributed by atoms with van der Waals surface area (Å²) in [6, 6.07) is 14.9. The zero-order chi connectivity index (χ0) is 19.5. The van der Waals surface area contributed by atoms with Crippen LogP contribution in [-0.4, -0.2) is 37.4 Å². The Morgan fingerprint density at radius 1 is 0.852 bits per heavy atom. The summed E-state index contributed by atoms with van der Waals surface area (Å²) in [6.45, 7) is 0.120. The summed E-state index contributed by atoms with van der Waals surface area (Å²) >= 11 is 0.